The van der Waals surface area contributed by atoms with Crippen LogP contribution in [0.25, 0.3) is 0 Å². The minimum atomic E-state index is -0.237. The van der Waals surface area contributed by atoms with Crippen LogP contribution in [0.3, 0.4) is 0 Å². The van der Waals surface area contributed by atoms with Crippen molar-refractivity contribution in [1.82, 2.24) is 9.97 Å². The summed E-state index contributed by atoms with van der Waals surface area (Å²) in [5.74, 6) is 0.223. The van der Waals surface area contributed by atoms with Gasteiger partial charge in [0.05, 0.1) is 0 Å². The van der Waals surface area contributed by atoms with E-state index >= 15 is 0 Å². The van der Waals surface area contributed by atoms with Crippen molar-refractivity contribution in [3.8, 4) is 0 Å². The van der Waals surface area contributed by atoms with Gasteiger partial charge >= 0.3 is 0 Å². The number of benzene rings is 1. The Morgan fingerprint density at radius 1 is 1.00 bits per heavy atom. The minimum Gasteiger partial charge on any atom is -0.350 e. The van der Waals surface area contributed by atoms with Gasteiger partial charge in [-0.2, -0.15) is 0 Å². The van der Waals surface area contributed by atoms with Crippen molar-refractivity contribution >= 4 is 17.5 Å². The summed E-state index contributed by atoms with van der Waals surface area (Å²) in [6.45, 7) is 14.3. The highest BCUT2D eigenvalue weighted by molar-refractivity contribution is 6.03. The van der Waals surface area contributed by atoms with Gasteiger partial charge in [-0.15, -0.1) is 0 Å². The van der Waals surface area contributed by atoms with E-state index in [9.17, 15) is 4.79 Å². The second-order valence-corrected chi connectivity index (χ2v) is 8.34. The van der Waals surface area contributed by atoms with Crippen LogP contribution in [0.1, 0.15) is 63.3 Å². The summed E-state index contributed by atoms with van der Waals surface area (Å²) in [4.78, 5) is 21.5. The lowest BCUT2D eigenvalue weighted by Gasteiger charge is -2.23. The second kappa shape index (κ2) is 6.82. The molecule has 0 atom stereocenters. The highest BCUT2D eigenvalue weighted by Crippen LogP contribution is 2.29. The molecule has 0 unspecified atom stereocenters. The molecule has 1 heterocycles. The fourth-order valence-corrected chi connectivity index (χ4v) is 2.51. The van der Waals surface area contributed by atoms with Gasteiger partial charge in [0, 0.05) is 16.9 Å². The van der Waals surface area contributed by atoms with Gasteiger partial charge in [-0.05, 0) is 50.8 Å². The van der Waals surface area contributed by atoms with E-state index in [1.54, 1.807) is 6.07 Å². The fourth-order valence-electron chi connectivity index (χ4n) is 2.51. The molecular formula is C20H28N4O. The highest BCUT2D eigenvalue weighted by atomic mass is 16.1. The predicted octanol–water partition coefficient (Wildman–Crippen LogP) is 4.55. The number of amides is 1. The Kier molecular flexibility index (Phi) is 5.16. The van der Waals surface area contributed by atoms with Gasteiger partial charge in [0.15, 0.2) is 0 Å². The zero-order valence-corrected chi connectivity index (χ0v) is 16.2. The molecule has 0 spiro atoms. The Labute approximate surface area is 150 Å². The molecule has 5 heteroatoms. The van der Waals surface area contributed by atoms with E-state index in [-0.39, 0.29) is 16.9 Å². The number of hydrogen-bond acceptors (Lipinski definition) is 4. The van der Waals surface area contributed by atoms with Gasteiger partial charge in [0.25, 0.3) is 5.91 Å². The summed E-state index contributed by atoms with van der Waals surface area (Å²) < 4.78 is 0. The maximum atomic E-state index is 12.7. The smallest absolute Gasteiger partial charge is 0.274 e. The first-order valence-corrected chi connectivity index (χ1v) is 8.50. The van der Waals surface area contributed by atoms with Crippen molar-refractivity contribution in [3.05, 3.63) is 47.3 Å². The van der Waals surface area contributed by atoms with Gasteiger partial charge < -0.3 is 10.6 Å². The van der Waals surface area contributed by atoms with Crippen molar-refractivity contribution in [2.45, 2.75) is 59.4 Å². The molecule has 2 rings (SSSR count). The number of aromatic nitrogens is 2. The lowest BCUT2D eigenvalue weighted by atomic mass is 9.86. The monoisotopic (exact) mass is 340 g/mol. The number of nitrogens with zero attached hydrogens (tertiary/aromatic N) is 2. The van der Waals surface area contributed by atoms with E-state index in [1.807, 2.05) is 52.0 Å². The molecule has 0 saturated carbocycles. The zero-order valence-electron chi connectivity index (χ0n) is 16.2. The van der Waals surface area contributed by atoms with Crippen molar-refractivity contribution in [1.29, 1.82) is 0 Å². The molecule has 134 valence electrons. The van der Waals surface area contributed by atoms with Crippen molar-refractivity contribution in [3.63, 3.8) is 0 Å². The lowest BCUT2D eigenvalue weighted by molar-refractivity contribution is 0.102. The van der Waals surface area contributed by atoms with Crippen LogP contribution in [-0.4, -0.2) is 21.4 Å². The molecule has 2 aromatic rings. The predicted molar refractivity (Wildman–Crippen MR) is 103 cm³/mol. The molecule has 5 nitrogen and oxygen atoms in total. The Balaban J connectivity index is 2.31. The maximum absolute atomic E-state index is 12.7. The van der Waals surface area contributed by atoms with Crippen LogP contribution >= 0.6 is 0 Å². The topological polar surface area (TPSA) is 66.9 Å². The van der Waals surface area contributed by atoms with Crippen LogP contribution in [0.15, 0.2) is 30.3 Å². The van der Waals surface area contributed by atoms with Gasteiger partial charge in [0.1, 0.15) is 5.69 Å². The van der Waals surface area contributed by atoms with Crippen molar-refractivity contribution < 1.29 is 4.79 Å². The van der Waals surface area contributed by atoms with Crippen LogP contribution in [0.5, 0.6) is 0 Å². The van der Waals surface area contributed by atoms with Gasteiger partial charge in [-0.3, -0.25) is 4.79 Å². The highest BCUT2D eigenvalue weighted by Gasteiger charge is 2.20. The van der Waals surface area contributed by atoms with Crippen LogP contribution < -0.4 is 10.6 Å². The third-order valence-electron chi connectivity index (χ3n) is 3.56. The summed E-state index contributed by atoms with van der Waals surface area (Å²) >= 11 is 0. The molecular weight excluding hydrogens is 312 g/mol. The SMILES string of the molecule is Cc1cc(C(=O)Nc2ccccc2C(C)(C)C)nc(NC(C)(C)C)n1. The van der Waals surface area contributed by atoms with Crippen molar-refractivity contribution in [2.24, 2.45) is 0 Å². The summed E-state index contributed by atoms with van der Waals surface area (Å²) in [6.07, 6.45) is 0. The number of rotatable bonds is 3. The third-order valence-corrected chi connectivity index (χ3v) is 3.56. The molecule has 1 aromatic carbocycles. The van der Waals surface area contributed by atoms with Crippen molar-refractivity contribution in [2.75, 3.05) is 10.6 Å². The molecule has 1 amide bonds. The van der Waals surface area contributed by atoms with Gasteiger partial charge in [-0.25, -0.2) is 9.97 Å². The van der Waals surface area contributed by atoms with E-state index in [0.717, 1.165) is 16.9 Å². The quantitative estimate of drug-likeness (QED) is 0.860. The van der Waals surface area contributed by atoms with E-state index < -0.39 is 0 Å². The first-order chi connectivity index (χ1) is 11.5. The Morgan fingerprint density at radius 2 is 1.64 bits per heavy atom. The third kappa shape index (κ3) is 5.28. The summed E-state index contributed by atoms with van der Waals surface area (Å²) in [5.41, 5.74) is 2.74. The molecule has 0 aliphatic carbocycles. The summed E-state index contributed by atoms with van der Waals surface area (Å²) in [7, 11) is 0. The van der Waals surface area contributed by atoms with Crippen LogP contribution in [0.2, 0.25) is 0 Å². The Hall–Kier alpha value is -2.43. The van der Waals surface area contributed by atoms with Gasteiger partial charge in [0.2, 0.25) is 5.95 Å². The molecule has 0 aliphatic rings. The maximum Gasteiger partial charge on any atom is 0.274 e. The number of aryl methyl sites for hydroxylation is 1. The molecule has 0 fully saturated rings. The zero-order chi connectivity index (χ0) is 18.8. The van der Waals surface area contributed by atoms with Crippen LogP contribution in [-0.2, 0) is 5.41 Å². The van der Waals surface area contributed by atoms with Crippen LogP contribution in [0.4, 0.5) is 11.6 Å². The largest absolute Gasteiger partial charge is 0.350 e. The standard InChI is InChI=1S/C20H28N4O/c1-13-12-16(23-18(21-13)24-20(5,6)7)17(25)22-15-11-9-8-10-14(15)19(2,3)4/h8-12H,1-7H3,(H,22,25)(H,21,23,24). The molecule has 0 radical (unpaired) electrons. The molecule has 25 heavy (non-hydrogen) atoms. The Morgan fingerprint density at radius 3 is 2.24 bits per heavy atom. The normalized spacial score (nSPS) is 12.0. The number of carbonyl (C=O) groups is 1. The number of para-hydroxylation sites is 1. The molecule has 0 saturated heterocycles. The molecule has 2 N–H and O–H groups in total. The average Bonchev–Trinajstić information content (AvgIpc) is 2.44. The number of carbonyl (C=O) groups excluding carboxylic acids is 1. The Bertz CT molecular complexity index is 770. The second-order valence-electron chi connectivity index (χ2n) is 8.34. The molecule has 0 aliphatic heterocycles. The van der Waals surface area contributed by atoms with E-state index in [4.69, 9.17) is 0 Å². The van der Waals surface area contributed by atoms with Gasteiger partial charge in [-0.1, -0.05) is 39.0 Å². The first kappa shape index (κ1) is 18.9. The number of nitrogens with one attached hydrogen (secondary N) is 2. The van der Waals surface area contributed by atoms with E-state index in [1.165, 1.54) is 0 Å². The number of anilines is 2. The molecule has 0 bridgehead atoms. The van der Waals surface area contributed by atoms with Crippen LogP contribution in [0, 0.1) is 6.92 Å². The average molecular weight is 340 g/mol. The lowest BCUT2D eigenvalue weighted by Crippen LogP contribution is -2.28. The molecule has 1 aromatic heterocycles. The minimum absolute atomic E-state index is 0.0651. The summed E-state index contributed by atoms with van der Waals surface area (Å²) in [6, 6.07) is 9.55. The number of hydrogen-bond donors (Lipinski definition) is 2. The summed E-state index contributed by atoms with van der Waals surface area (Å²) in [5, 5.41) is 6.21. The van der Waals surface area contributed by atoms with E-state index in [2.05, 4.69) is 41.4 Å². The first-order valence-electron chi connectivity index (χ1n) is 8.50. The van der Waals surface area contributed by atoms with E-state index in [0.29, 0.717) is 11.6 Å². The fraction of sp³-hybridized carbons (Fsp3) is 0.450.